The zero-order valence-corrected chi connectivity index (χ0v) is 10.6. The molecule has 1 amide bonds. The number of aromatic nitrogens is 1. The maximum atomic E-state index is 11.8. The van der Waals surface area contributed by atoms with E-state index in [0.717, 1.165) is 0 Å². The largest absolute Gasteiger partial charge is 0.394 e. The number of hydrogen-bond donors (Lipinski definition) is 2. The van der Waals surface area contributed by atoms with E-state index in [1.807, 2.05) is 6.92 Å². The Bertz CT molecular complexity index is 386. The third-order valence-corrected chi connectivity index (χ3v) is 3.24. The van der Waals surface area contributed by atoms with Crippen LogP contribution in [0.5, 0.6) is 0 Å². The van der Waals surface area contributed by atoms with Gasteiger partial charge in [0.25, 0.3) is 5.91 Å². The van der Waals surface area contributed by atoms with Crippen molar-refractivity contribution in [3.8, 4) is 0 Å². The highest BCUT2D eigenvalue weighted by Gasteiger charge is 2.17. The second-order valence-corrected chi connectivity index (χ2v) is 4.25. The fourth-order valence-corrected chi connectivity index (χ4v) is 1.67. The van der Waals surface area contributed by atoms with Crippen molar-refractivity contribution >= 4 is 29.1 Å². The molecule has 1 aromatic heterocycles. The molecule has 0 radical (unpaired) electrons. The molecular weight excluding hydrogens is 251 g/mol. The fraction of sp³-hybridized carbons (Fsp3) is 0.500. The van der Waals surface area contributed by atoms with Gasteiger partial charge in [-0.15, -0.1) is 0 Å². The summed E-state index contributed by atoms with van der Waals surface area (Å²) in [5, 5.41) is 12.3. The van der Waals surface area contributed by atoms with E-state index in [0.29, 0.717) is 22.3 Å². The second kappa shape index (κ2) is 5.57. The first kappa shape index (κ1) is 13.4. The van der Waals surface area contributed by atoms with Crippen molar-refractivity contribution < 1.29 is 9.90 Å². The summed E-state index contributed by atoms with van der Waals surface area (Å²) in [6.45, 7) is 1.79. The van der Waals surface area contributed by atoms with Crippen LogP contribution in [0.15, 0.2) is 6.07 Å². The zero-order chi connectivity index (χ0) is 12.3. The van der Waals surface area contributed by atoms with Gasteiger partial charge in [-0.25, -0.2) is 0 Å². The second-order valence-electron chi connectivity index (χ2n) is 3.49. The average Bonchev–Trinajstić information content (AvgIpc) is 2.53. The lowest BCUT2D eigenvalue weighted by Crippen LogP contribution is -2.37. The number of carbonyl (C=O) groups is 1. The van der Waals surface area contributed by atoms with Crippen molar-refractivity contribution in [3.63, 3.8) is 0 Å². The van der Waals surface area contributed by atoms with Crippen molar-refractivity contribution in [2.24, 2.45) is 7.05 Å². The van der Waals surface area contributed by atoms with E-state index in [4.69, 9.17) is 28.3 Å². The number of aliphatic hydroxyl groups is 1. The molecule has 16 heavy (non-hydrogen) atoms. The van der Waals surface area contributed by atoms with Crippen LogP contribution >= 0.6 is 23.2 Å². The minimum atomic E-state index is -0.294. The van der Waals surface area contributed by atoms with Crippen molar-refractivity contribution in [3.05, 3.63) is 21.9 Å². The highest BCUT2D eigenvalue weighted by atomic mass is 35.5. The molecule has 0 bridgehead atoms. The number of aliphatic hydroxyl groups excluding tert-OH is 1. The summed E-state index contributed by atoms with van der Waals surface area (Å²) in [7, 11) is 1.66. The number of carbonyl (C=O) groups excluding carboxylic acids is 1. The predicted octanol–water partition coefficient (Wildman–Crippen LogP) is 1.83. The third-order valence-electron chi connectivity index (χ3n) is 2.40. The molecule has 1 aromatic rings. The monoisotopic (exact) mass is 264 g/mol. The van der Waals surface area contributed by atoms with Gasteiger partial charge in [0.1, 0.15) is 10.8 Å². The van der Waals surface area contributed by atoms with E-state index in [9.17, 15) is 4.79 Å². The van der Waals surface area contributed by atoms with E-state index in [2.05, 4.69) is 5.32 Å². The zero-order valence-electron chi connectivity index (χ0n) is 9.13. The Kier molecular flexibility index (Phi) is 4.65. The van der Waals surface area contributed by atoms with Crippen LogP contribution in [0.4, 0.5) is 0 Å². The normalized spacial score (nSPS) is 12.6. The summed E-state index contributed by atoms with van der Waals surface area (Å²) in [5.41, 5.74) is 0.377. The Hall–Kier alpha value is -0.710. The Labute approximate surface area is 104 Å². The number of nitrogens with one attached hydrogen (secondary N) is 1. The van der Waals surface area contributed by atoms with Gasteiger partial charge in [-0.3, -0.25) is 4.79 Å². The quantitative estimate of drug-likeness (QED) is 0.872. The summed E-state index contributed by atoms with van der Waals surface area (Å²) >= 11 is 11.6. The van der Waals surface area contributed by atoms with E-state index in [1.165, 1.54) is 10.6 Å². The molecule has 4 nitrogen and oxygen atoms in total. The van der Waals surface area contributed by atoms with Crippen LogP contribution in [0, 0.1) is 0 Å². The average molecular weight is 265 g/mol. The molecule has 0 unspecified atom stereocenters. The Morgan fingerprint density at radius 2 is 2.25 bits per heavy atom. The molecule has 0 aliphatic carbocycles. The van der Waals surface area contributed by atoms with Gasteiger partial charge in [-0.1, -0.05) is 30.1 Å². The first-order valence-corrected chi connectivity index (χ1v) is 5.69. The van der Waals surface area contributed by atoms with Gasteiger partial charge in [-0.05, 0) is 12.5 Å². The molecule has 0 aromatic carbocycles. The van der Waals surface area contributed by atoms with Crippen LogP contribution in [0.2, 0.25) is 10.2 Å². The standard InChI is InChI=1S/C10H14Cl2N2O2/c1-3-6(5-15)13-10(16)8-4-7(11)9(12)14(8)2/h4,6,15H,3,5H2,1-2H3,(H,13,16)/t6-/m0/s1. The fourth-order valence-electron chi connectivity index (χ4n) is 1.30. The van der Waals surface area contributed by atoms with Crippen LogP contribution in [-0.4, -0.2) is 28.2 Å². The van der Waals surface area contributed by atoms with Gasteiger partial charge in [0.2, 0.25) is 0 Å². The highest BCUT2D eigenvalue weighted by Crippen LogP contribution is 2.25. The molecule has 90 valence electrons. The smallest absolute Gasteiger partial charge is 0.268 e. The number of hydrogen-bond acceptors (Lipinski definition) is 2. The van der Waals surface area contributed by atoms with Gasteiger partial charge in [0.15, 0.2) is 0 Å². The van der Waals surface area contributed by atoms with Crippen LogP contribution in [0.1, 0.15) is 23.8 Å². The minimum absolute atomic E-state index is 0.0892. The molecule has 0 spiro atoms. The number of halogens is 2. The lowest BCUT2D eigenvalue weighted by Gasteiger charge is -2.14. The Balaban J connectivity index is 2.84. The topological polar surface area (TPSA) is 54.3 Å². The van der Waals surface area contributed by atoms with Crippen LogP contribution in [0.25, 0.3) is 0 Å². The maximum Gasteiger partial charge on any atom is 0.268 e. The summed E-state index contributed by atoms with van der Waals surface area (Å²) in [6.07, 6.45) is 0.661. The van der Waals surface area contributed by atoms with E-state index in [-0.39, 0.29) is 18.6 Å². The molecular formula is C10H14Cl2N2O2. The molecule has 0 saturated heterocycles. The molecule has 6 heteroatoms. The highest BCUT2D eigenvalue weighted by molar-refractivity contribution is 6.41. The molecule has 1 rings (SSSR count). The molecule has 0 aliphatic heterocycles. The number of nitrogens with zero attached hydrogens (tertiary/aromatic N) is 1. The van der Waals surface area contributed by atoms with Crippen LogP contribution in [0.3, 0.4) is 0 Å². The van der Waals surface area contributed by atoms with Crippen molar-refractivity contribution in [1.82, 2.24) is 9.88 Å². The summed E-state index contributed by atoms with van der Waals surface area (Å²) in [5.74, 6) is -0.294. The molecule has 2 N–H and O–H groups in total. The van der Waals surface area contributed by atoms with E-state index >= 15 is 0 Å². The summed E-state index contributed by atoms with van der Waals surface area (Å²) in [6, 6.07) is 1.25. The van der Waals surface area contributed by atoms with Crippen molar-refractivity contribution in [2.45, 2.75) is 19.4 Å². The molecule has 1 atom stereocenters. The van der Waals surface area contributed by atoms with Gasteiger partial charge in [0, 0.05) is 7.05 Å². The number of rotatable bonds is 4. The molecule has 1 heterocycles. The lowest BCUT2D eigenvalue weighted by atomic mass is 10.2. The Morgan fingerprint density at radius 1 is 1.62 bits per heavy atom. The number of amides is 1. The van der Waals surface area contributed by atoms with E-state index in [1.54, 1.807) is 7.05 Å². The predicted molar refractivity (Wildman–Crippen MR) is 64.1 cm³/mol. The summed E-state index contributed by atoms with van der Waals surface area (Å²) < 4.78 is 1.50. The maximum absolute atomic E-state index is 11.8. The molecule has 0 aliphatic rings. The SMILES string of the molecule is CC[C@@H](CO)NC(=O)c1cc(Cl)c(Cl)n1C. The Morgan fingerprint density at radius 3 is 2.62 bits per heavy atom. The molecule has 0 fully saturated rings. The third kappa shape index (κ3) is 2.70. The van der Waals surface area contributed by atoms with Gasteiger partial charge < -0.3 is 15.0 Å². The van der Waals surface area contributed by atoms with Crippen LogP contribution in [-0.2, 0) is 7.05 Å². The van der Waals surface area contributed by atoms with Gasteiger partial charge >= 0.3 is 0 Å². The lowest BCUT2D eigenvalue weighted by molar-refractivity contribution is 0.0906. The van der Waals surface area contributed by atoms with Gasteiger partial charge in [0.05, 0.1) is 17.7 Å². The van der Waals surface area contributed by atoms with Crippen molar-refractivity contribution in [2.75, 3.05) is 6.61 Å². The molecule has 0 saturated carbocycles. The summed E-state index contributed by atoms with van der Waals surface area (Å²) in [4.78, 5) is 11.8. The van der Waals surface area contributed by atoms with E-state index < -0.39 is 0 Å². The first-order valence-electron chi connectivity index (χ1n) is 4.93. The first-order chi connectivity index (χ1) is 7.51. The van der Waals surface area contributed by atoms with Gasteiger partial charge in [-0.2, -0.15) is 0 Å². The minimum Gasteiger partial charge on any atom is -0.394 e. The van der Waals surface area contributed by atoms with Crippen molar-refractivity contribution in [1.29, 1.82) is 0 Å². The van der Waals surface area contributed by atoms with Crippen LogP contribution < -0.4 is 5.32 Å².